The summed E-state index contributed by atoms with van der Waals surface area (Å²) in [6.45, 7) is 8.16. The van der Waals surface area contributed by atoms with Gasteiger partial charge < -0.3 is 9.31 Å². The molecule has 1 aromatic rings. The number of hydrogen-bond acceptors (Lipinski definition) is 2. The van der Waals surface area contributed by atoms with E-state index in [9.17, 15) is 0 Å². The molecule has 0 radical (unpaired) electrons. The van der Waals surface area contributed by atoms with Gasteiger partial charge in [-0.2, -0.15) is 0 Å². The smallest absolute Gasteiger partial charge is 0.405 e. The maximum atomic E-state index is 5.89. The Morgan fingerprint density at radius 3 is 2.17 bits per heavy atom. The maximum absolute atomic E-state index is 5.89. The summed E-state index contributed by atoms with van der Waals surface area (Å²) < 4.78 is 11.8. The number of hydrogen-bond donors (Lipinski definition) is 0. The summed E-state index contributed by atoms with van der Waals surface area (Å²) >= 11 is 0. The third-order valence-electron chi connectivity index (χ3n) is 2.88. The third kappa shape index (κ3) is 3.24. The fraction of sp³-hybridized carbons (Fsp3) is 0.467. The van der Waals surface area contributed by atoms with Crippen molar-refractivity contribution in [1.29, 1.82) is 0 Å². The molecule has 18 heavy (non-hydrogen) atoms. The lowest BCUT2D eigenvalue weighted by Crippen LogP contribution is -2.31. The molecule has 0 N–H and O–H groups in total. The van der Waals surface area contributed by atoms with Crippen LogP contribution in [0.2, 0.25) is 0 Å². The van der Waals surface area contributed by atoms with E-state index in [2.05, 4.69) is 30.3 Å². The average Bonchev–Trinajstić information content (AvgIpc) is 2.70. The Labute approximate surface area is 110 Å². The van der Waals surface area contributed by atoms with Gasteiger partial charge in [0.1, 0.15) is 0 Å². The highest BCUT2D eigenvalue weighted by atomic mass is 16.6. The van der Waals surface area contributed by atoms with E-state index in [0.29, 0.717) is 0 Å². The molecule has 0 unspecified atom stereocenters. The average molecular weight is 244 g/mol. The van der Waals surface area contributed by atoms with Crippen molar-refractivity contribution in [3.05, 3.63) is 40.9 Å². The predicted molar refractivity (Wildman–Crippen MR) is 76.3 cm³/mol. The van der Waals surface area contributed by atoms with Gasteiger partial charge in [0.2, 0.25) is 0 Å². The molecule has 96 valence electrons. The number of benzene rings is 1. The van der Waals surface area contributed by atoms with Crippen molar-refractivity contribution in [2.75, 3.05) is 0 Å². The van der Waals surface area contributed by atoms with Crippen molar-refractivity contribution in [1.82, 2.24) is 0 Å². The Kier molecular flexibility index (Phi) is 4.25. The van der Waals surface area contributed by atoms with Crippen LogP contribution < -0.4 is 0 Å². The monoisotopic (exact) mass is 244 g/mol. The van der Waals surface area contributed by atoms with Gasteiger partial charge in [-0.05, 0) is 50.7 Å². The molecule has 0 bridgehead atoms. The summed E-state index contributed by atoms with van der Waals surface area (Å²) in [4.78, 5) is 0. The molecule has 2 rings (SSSR count). The van der Waals surface area contributed by atoms with Gasteiger partial charge in [0.15, 0.2) is 0 Å². The topological polar surface area (TPSA) is 18.5 Å². The van der Waals surface area contributed by atoms with Crippen LogP contribution in [0, 0.1) is 0 Å². The van der Waals surface area contributed by atoms with Crippen molar-refractivity contribution in [3.8, 4) is 0 Å². The van der Waals surface area contributed by atoms with Crippen LogP contribution in [0.5, 0.6) is 0 Å². The number of allylic oxidation sites excluding steroid dienone is 1. The molecule has 2 nitrogen and oxygen atoms in total. The lowest BCUT2D eigenvalue weighted by atomic mass is 9.76. The zero-order chi connectivity index (χ0) is 13.1. The first kappa shape index (κ1) is 13.4. The molecule has 0 aliphatic heterocycles. The molecule has 3 heteroatoms. The molecule has 0 spiro atoms. The molecule has 0 amide bonds. The highest BCUT2D eigenvalue weighted by Crippen LogP contribution is 2.27. The van der Waals surface area contributed by atoms with E-state index in [1.165, 1.54) is 16.6 Å². The normalized spacial score (nSPS) is 14.0. The molecule has 1 aliphatic carbocycles. The van der Waals surface area contributed by atoms with E-state index < -0.39 is 0 Å². The zero-order valence-electron chi connectivity index (χ0n) is 11.6. The van der Waals surface area contributed by atoms with Crippen molar-refractivity contribution in [3.63, 3.8) is 0 Å². The lowest BCUT2D eigenvalue weighted by Gasteiger charge is -2.20. The van der Waals surface area contributed by atoms with E-state index in [1.807, 2.05) is 27.7 Å². The van der Waals surface area contributed by atoms with Gasteiger partial charge in [0.05, 0.1) is 0 Å². The Morgan fingerprint density at radius 1 is 1.00 bits per heavy atom. The van der Waals surface area contributed by atoms with Crippen LogP contribution in [0.25, 0.3) is 6.08 Å². The van der Waals surface area contributed by atoms with Gasteiger partial charge in [-0.1, -0.05) is 30.3 Å². The van der Waals surface area contributed by atoms with Crippen LogP contribution in [-0.4, -0.2) is 19.3 Å². The van der Waals surface area contributed by atoms with Crippen LogP contribution in [-0.2, 0) is 15.7 Å². The molecular formula is C15H21BO2. The van der Waals surface area contributed by atoms with E-state index >= 15 is 0 Å². The van der Waals surface area contributed by atoms with Gasteiger partial charge in [-0.15, -0.1) is 0 Å². The zero-order valence-corrected chi connectivity index (χ0v) is 11.6. The molecule has 1 aliphatic rings. The van der Waals surface area contributed by atoms with Gasteiger partial charge in [0, 0.05) is 12.2 Å². The molecule has 0 heterocycles. The minimum atomic E-state index is -0.225. The van der Waals surface area contributed by atoms with Crippen LogP contribution >= 0.6 is 0 Å². The first-order valence-corrected chi connectivity index (χ1v) is 6.65. The molecule has 0 saturated heterocycles. The molecule has 1 aromatic carbocycles. The van der Waals surface area contributed by atoms with Crippen LogP contribution in [0.1, 0.15) is 38.8 Å². The summed E-state index contributed by atoms with van der Waals surface area (Å²) in [5.41, 5.74) is 3.87. The molecular weight excluding hydrogens is 223 g/mol. The second kappa shape index (κ2) is 5.72. The summed E-state index contributed by atoms with van der Waals surface area (Å²) in [6.07, 6.45) is 3.46. The number of fused-ring (bicyclic) bond motifs is 1. The Bertz CT molecular complexity index is 428. The summed E-state index contributed by atoms with van der Waals surface area (Å²) in [5.74, 6) is 0. The minimum Gasteiger partial charge on any atom is -0.405 e. The van der Waals surface area contributed by atoms with Crippen molar-refractivity contribution in [2.45, 2.75) is 46.3 Å². The van der Waals surface area contributed by atoms with Gasteiger partial charge in [-0.25, -0.2) is 0 Å². The minimum absolute atomic E-state index is 0.165. The standard InChI is InChI=1S/C15H21BO2/c1-11(2)17-16(18-12(3)4)15-9-13-7-5-6-8-14(13)10-15/h5-9,11-12H,10H2,1-4H3. The third-order valence-corrected chi connectivity index (χ3v) is 2.88. The van der Waals surface area contributed by atoms with Crippen LogP contribution in [0.4, 0.5) is 0 Å². The van der Waals surface area contributed by atoms with Crippen LogP contribution in [0.3, 0.4) is 0 Å². The number of rotatable bonds is 5. The van der Waals surface area contributed by atoms with Gasteiger partial charge >= 0.3 is 7.12 Å². The molecule has 0 saturated carbocycles. The van der Waals surface area contributed by atoms with Gasteiger partial charge in [-0.3, -0.25) is 0 Å². The highest BCUT2D eigenvalue weighted by molar-refractivity contribution is 6.55. The quantitative estimate of drug-likeness (QED) is 0.738. The Morgan fingerprint density at radius 2 is 1.61 bits per heavy atom. The summed E-state index contributed by atoms with van der Waals surface area (Å²) in [6, 6.07) is 8.46. The van der Waals surface area contributed by atoms with E-state index in [1.54, 1.807) is 0 Å². The SMILES string of the molecule is CC(C)OB(OC(C)C)C1=Cc2ccccc2C1. The van der Waals surface area contributed by atoms with Crippen molar-refractivity contribution < 1.29 is 9.31 Å². The Balaban J connectivity index is 2.14. The van der Waals surface area contributed by atoms with E-state index in [4.69, 9.17) is 9.31 Å². The van der Waals surface area contributed by atoms with Crippen LogP contribution in [0.15, 0.2) is 29.7 Å². The summed E-state index contributed by atoms with van der Waals surface area (Å²) in [7, 11) is -0.225. The van der Waals surface area contributed by atoms with E-state index in [-0.39, 0.29) is 19.3 Å². The summed E-state index contributed by atoms with van der Waals surface area (Å²) in [5, 5.41) is 0. The van der Waals surface area contributed by atoms with Crippen molar-refractivity contribution >= 4 is 13.2 Å². The second-order valence-electron chi connectivity index (χ2n) is 5.30. The Hall–Kier alpha value is -1.06. The van der Waals surface area contributed by atoms with E-state index in [0.717, 1.165) is 6.42 Å². The first-order chi connectivity index (χ1) is 8.56. The molecule has 0 atom stereocenters. The lowest BCUT2D eigenvalue weighted by molar-refractivity contribution is 0.135. The maximum Gasteiger partial charge on any atom is 0.490 e. The highest BCUT2D eigenvalue weighted by Gasteiger charge is 2.29. The fourth-order valence-corrected chi connectivity index (χ4v) is 2.16. The second-order valence-corrected chi connectivity index (χ2v) is 5.30. The molecule has 0 aromatic heterocycles. The largest absolute Gasteiger partial charge is 0.490 e. The fourth-order valence-electron chi connectivity index (χ4n) is 2.16. The molecule has 0 fully saturated rings. The first-order valence-electron chi connectivity index (χ1n) is 6.65. The van der Waals surface area contributed by atoms with Crippen molar-refractivity contribution in [2.24, 2.45) is 0 Å². The predicted octanol–water partition coefficient (Wildman–Crippen LogP) is 3.50. The van der Waals surface area contributed by atoms with Gasteiger partial charge in [0.25, 0.3) is 0 Å².